The van der Waals surface area contributed by atoms with Crippen molar-refractivity contribution in [2.24, 2.45) is 5.92 Å². The van der Waals surface area contributed by atoms with E-state index in [1.807, 2.05) is 42.5 Å². The van der Waals surface area contributed by atoms with Gasteiger partial charge in [0.2, 0.25) is 0 Å². The molecular formula is C19H18INO3. The molecule has 1 N–H and O–H groups in total. The molecule has 2 aromatic carbocycles. The fourth-order valence-electron chi connectivity index (χ4n) is 2.58. The van der Waals surface area contributed by atoms with E-state index in [0.29, 0.717) is 11.5 Å². The third-order valence-corrected chi connectivity index (χ3v) is 4.70. The summed E-state index contributed by atoms with van der Waals surface area (Å²) >= 11 is 2.17. The van der Waals surface area contributed by atoms with Gasteiger partial charge in [0.05, 0.1) is 11.6 Å². The number of hydrogen-bond donors (Lipinski definition) is 1. The van der Waals surface area contributed by atoms with Gasteiger partial charge in [-0.3, -0.25) is 4.79 Å². The minimum Gasteiger partial charge on any atom is -0.452 e. The lowest BCUT2D eigenvalue weighted by molar-refractivity contribution is -0.125. The molecule has 1 atom stereocenters. The first kappa shape index (κ1) is 17.0. The second kappa shape index (κ2) is 7.79. The zero-order valence-electron chi connectivity index (χ0n) is 13.1. The Balaban J connectivity index is 1.54. The molecule has 4 nitrogen and oxygen atoms in total. The van der Waals surface area contributed by atoms with E-state index in [1.54, 1.807) is 12.1 Å². The van der Waals surface area contributed by atoms with Crippen molar-refractivity contribution in [3.8, 4) is 0 Å². The molecule has 0 aromatic heterocycles. The van der Waals surface area contributed by atoms with Crippen molar-refractivity contribution in [3.05, 3.63) is 69.3 Å². The lowest BCUT2D eigenvalue weighted by Gasteiger charge is -2.18. The Morgan fingerprint density at radius 2 is 1.75 bits per heavy atom. The van der Waals surface area contributed by atoms with E-state index in [0.717, 1.165) is 22.0 Å². The van der Waals surface area contributed by atoms with E-state index in [4.69, 9.17) is 4.74 Å². The van der Waals surface area contributed by atoms with Gasteiger partial charge in [-0.2, -0.15) is 0 Å². The van der Waals surface area contributed by atoms with Gasteiger partial charge in [0.15, 0.2) is 6.61 Å². The number of nitrogens with one attached hydrogen (secondary N) is 1. The molecule has 2 aromatic rings. The zero-order chi connectivity index (χ0) is 16.9. The predicted molar refractivity (Wildman–Crippen MR) is 99.5 cm³/mol. The van der Waals surface area contributed by atoms with Gasteiger partial charge in [-0.15, -0.1) is 0 Å². The molecule has 1 aliphatic rings. The Morgan fingerprint density at radius 3 is 2.38 bits per heavy atom. The Bertz CT molecular complexity index is 711. The predicted octanol–water partition coefficient (Wildman–Crippen LogP) is 3.72. The topological polar surface area (TPSA) is 55.4 Å². The van der Waals surface area contributed by atoms with Gasteiger partial charge in [-0.25, -0.2) is 4.79 Å². The van der Waals surface area contributed by atoms with Crippen molar-refractivity contribution in [2.75, 3.05) is 6.61 Å². The summed E-state index contributed by atoms with van der Waals surface area (Å²) in [5.74, 6) is -0.276. The van der Waals surface area contributed by atoms with Crippen LogP contribution in [0.1, 0.15) is 34.8 Å². The van der Waals surface area contributed by atoms with Crippen molar-refractivity contribution in [1.82, 2.24) is 5.32 Å². The number of carbonyl (C=O) groups is 2. The van der Waals surface area contributed by atoms with Crippen molar-refractivity contribution in [1.29, 1.82) is 0 Å². The Kier molecular flexibility index (Phi) is 5.50. The number of rotatable bonds is 6. The molecule has 5 heteroatoms. The highest BCUT2D eigenvalue weighted by atomic mass is 127. The van der Waals surface area contributed by atoms with E-state index in [-0.39, 0.29) is 18.6 Å². The number of carbonyl (C=O) groups excluding carboxylic acids is 2. The Labute approximate surface area is 154 Å². The summed E-state index contributed by atoms with van der Waals surface area (Å²) in [5, 5.41) is 2.99. The Hall–Kier alpha value is -1.89. The largest absolute Gasteiger partial charge is 0.452 e. The molecule has 0 bridgehead atoms. The van der Waals surface area contributed by atoms with Gasteiger partial charge in [0, 0.05) is 3.57 Å². The molecule has 0 heterocycles. The summed E-state index contributed by atoms with van der Waals surface area (Å²) in [6, 6.07) is 17.0. The summed E-state index contributed by atoms with van der Waals surface area (Å²) in [6.45, 7) is -0.263. The highest BCUT2D eigenvalue weighted by molar-refractivity contribution is 14.1. The van der Waals surface area contributed by atoms with E-state index in [9.17, 15) is 9.59 Å². The lowest BCUT2D eigenvalue weighted by atomic mass is 10.0. The first-order valence-electron chi connectivity index (χ1n) is 7.90. The zero-order valence-corrected chi connectivity index (χ0v) is 15.2. The minimum absolute atomic E-state index is 0.00398. The molecule has 0 aliphatic heterocycles. The minimum atomic E-state index is -0.482. The van der Waals surface area contributed by atoms with Gasteiger partial charge in [0.1, 0.15) is 0 Å². The van der Waals surface area contributed by atoms with Crippen LogP contribution >= 0.6 is 22.6 Å². The van der Waals surface area contributed by atoms with Crippen LogP contribution in [-0.2, 0) is 9.53 Å². The standard InChI is InChI=1S/C19H18INO3/c20-16-10-8-15(9-11-16)19(23)24-12-17(22)21-18(14-6-7-14)13-4-2-1-3-5-13/h1-5,8-11,14,18H,6-7,12H2,(H,21,22). The first-order valence-corrected chi connectivity index (χ1v) is 8.98. The number of esters is 1. The third-order valence-electron chi connectivity index (χ3n) is 3.98. The number of halogens is 1. The summed E-state index contributed by atoms with van der Waals surface area (Å²) in [5.41, 5.74) is 1.54. The SMILES string of the molecule is O=C(COC(=O)c1ccc(I)cc1)NC(c1ccccc1)C1CC1. The quantitative estimate of drug-likeness (QED) is 0.556. The van der Waals surface area contributed by atoms with Crippen LogP contribution in [0.5, 0.6) is 0 Å². The molecule has 0 saturated heterocycles. The van der Waals surface area contributed by atoms with Crippen LogP contribution in [0.4, 0.5) is 0 Å². The second-order valence-corrected chi connectivity index (χ2v) is 7.12. The van der Waals surface area contributed by atoms with Gasteiger partial charge in [-0.1, -0.05) is 30.3 Å². The molecule has 1 fully saturated rings. The van der Waals surface area contributed by atoms with Crippen LogP contribution in [0.15, 0.2) is 54.6 Å². The average molecular weight is 435 g/mol. The molecular weight excluding hydrogens is 417 g/mol. The van der Waals surface area contributed by atoms with Crippen LogP contribution in [0, 0.1) is 9.49 Å². The molecule has 24 heavy (non-hydrogen) atoms. The molecule has 1 amide bonds. The van der Waals surface area contributed by atoms with Crippen LogP contribution < -0.4 is 5.32 Å². The molecule has 0 radical (unpaired) electrons. The van der Waals surface area contributed by atoms with E-state index in [2.05, 4.69) is 27.9 Å². The second-order valence-electron chi connectivity index (χ2n) is 5.88. The number of amides is 1. The summed E-state index contributed by atoms with van der Waals surface area (Å²) in [6.07, 6.45) is 2.23. The van der Waals surface area contributed by atoms with Crippen molar-refractivity contribution in [3.63, 3.8) is 0 Å². The van der Waals surface area contributed by atoms with Gasteiger partial charge >= 0.3 is 5.97 Å². The van der Waals surface area contributed by atoms with E-state index in [1.165, 1.54) is 0 Å². The van der Waals surface area contributed by atoms with Gasteiger partial charge in [-0.05, 0) is 71.2 Å². The van der Waals surface area contributed by atoms with Crippen molar-refractivity contribution >= 4 is 34.5 Å². The normalized spacial score (nSPS) is 14.7. The van der Waals surface area contributed by atoms with Crippen molar-refractivity contribution < 1.29 is 14.3 Å². The molecule has 1 unspecified atom stereocenters. The number of benzene rings is 2. The summed E-state index contributed by atoms with van der Waals surface area (Å²) in [7, 11) is 0. The number of ether oxygens (including phenoxy) is 1. The van der Waals surface area contributed by atoms with Crippen LogP contribution in [0.3, 0.4) is 0 Å². The smallest absolute Gasteiger partial charge is 0.338 e. The Morgan fingerprint density at radius 1 is 1.08 bits per heavy atom. The van der Waals surface area contributed by atoms with Crippen LogP contribution in [0.25, 0.3) is 0 Å². The molecule has 1 aliphatic carbocycles. The van der Waals surface area contributed by atoms with E-state index >= 15 is 0 Å². The number of hydrogen-bond acceptors (Lipinski definition) is 3. The van der Waals surface area contributed by atoms with Crippen LogP contribution in [0.2, 0.25) is 0 Å². The molecule has 124 valence electrons. The first-order chi connectivity index (χ1) is 11.6. The van der Waals surface area contributed by atoms with E-state index < -0.39 is 5.97 Å². The maximum atomic E-state index is 12.2. The van der Waals surface area contributed by atoms with Gasteiger partial charge < -0.3 is 10.1 Å². The fourth-order valence-corrected chi connectivity index (χ4v) is 2.94. The van der Waals surface area contributed by atoms with Crippen molar-refractivity contribution in [2.45, 2.75) is 18.9 Å². The molecule has 1 saturated carbocycles. The third kappa shape index (κ3) is 4.56. The summed E-state index contributed by atoms with van der Waals surface area (Å²) < 4.78 is 6.15. The summed E-state index contributed by atoms with van der Waals surface area (Å²) in [4.78, 5) is 24.1. The van der Waals surface area contributed by atoms with Gasteiger partial charge in [0.25, 0.3) is 5.91 Å². The highest BCUT2D eigenvalue weighted by Crippen LogP contribution is 2.40. The maximum absolute atomic E-state index is 12.2. The lowest BCUT2D eigenvalue weighted by Crippen LogP contribution is -2.33. The highest BCUT2D eigenvalue weighted by Gasteiger charge is 2.33. The van der Waals surface area contributed by atoms with Crippen LogP contribution in [-0.4, -0.2) is 18.5 Å². The maximum Gasteiger partial charge on any atom is 0.338 e. The fraction of sp³-hybridized carbons (Fsp3) is 0.263. The average Bonchev–Trinajstić information content (AvgIpc) is 3.44. The molecule has 3 rings (SSSR count). The monoisotopic (exact) mass is 435 g/mol. The molecule has 0 spiro atoms.